The van der Waals surface area contributed by atoms with E-state index in [4.69, 9.17) is 0 Å². The molecular formula is C17H19F3N4O3. The van der Waals surface area contributed by atoms with E-state index < -0.39 is 29.2 Å². The second kappa shape index (κ2) is 6.84. The molecule has 27 heavy (non-hydrogen) atoms. The molecule has 2 fully saturated rings. The number of hydrogen-bond acceptors (Lipinski definition) is 4. The van der Waals surface area contributed by atoms with Crippen LogP contribution in [0.1, 0.15) is 18.4 Å². The predicted molar refractivity (Wildman–Crippen MR) is 89.8 cm³/mol. The zero-order valence-electron chi connectivity index (χ0n) is 14.6. The molecule has 0 bridgehead atoms. The van der Waals surface area contributed by atoms with E-state index in [1.807, 2.05) is 0 Å². The van der Waals surface area contributed by atoms with E-state index in [1.54, 1.807) is 4.90 Å². The summed E-state index contributed by atoms with van der Waals surface area (Å²) < 4.78 is 38.2. The smallest absolute Gasteiger partial charge is 0.325 e. The van der Waals surface area contributed by atoms with Crippen molar-refractivity contribution in [1.29, 1.82) is 0 Å². The molecule has 4 amide bonds. The number of halogens is 3. The number of amides is 4. The van der Waals surface area contributed by atoms with Crippen molar-refractivity contribution in [3.05, 3.63) is 29.8 Å². The van der Waals surface area contributed by atoms with Gasteiger partial charge in [-0.25, -0.2) is 4.79 Å². The highest BCUT2D eigenvalue weighted by Gasteiger charge is 2.50. The first kappa shape index (κ1) is 19.2. The lowest BCUT2D eigenvalue weighted by Gasteiger charge is -2.36. The molecule has 2 aliphatic rings. The molecule has 146 valence electrons. The van der Waals surface area contributed by atoms with Crippen LogP contribution >= 0.6 is 0 Å². The van der Waals surface area contributed by atoms with Crippen LogP contribution in [0.15, 0.2) is 24.3 Å². The van der Waals surface area contributed by atoms with Crippen LogP contribution in [0.25, 0.3) is 0 Å². The maximum absolute atomic E-state index is 12.7. The number of nitrogens with one attached hydrogen (secondary N) is 2. The third kappa shape index (κ3) is 3.90. The number of likely N-dealkylation sites (tertiary alicyclic amines) is 1. The Kier molecular flexibility index (Phi) is 4.85. The highest BCUT2D eigenvalue weighted by Crippen LogP contribution is 2.31. The van der Waals surface area contributed by atoms with Crippen LogP contribution in [0.4, 0.5) is 23.7 Å². The molecule has 7 nitrogen and oxygen atoms in total. The number of imide groups is 1. The average molecular weight is 384 g/mol. The van der Waals surface area contributed by atoms with Gasteiger partial charge in [-0.1, -0.05) is 6.07 Å². The molecule has 2 saturated heterocycles. The Morgan fingerprint density at radius 3 is 2.48 bits per heavy atom. The maximum atomic E-state index is 12.7. The van der Waals surface area contributed by atoms with Crippen molar-refractivity contribution in [3.8, 4) is 0 Å². The van der Waals surface area contributed by atoms with Gasteiger partial charge in [-0.3, -0.25) is 19.4 Å². The van der Waals surface area contributed by atoms with Crippen LogP contribution in [-0.4, -0.2) is 59.9 Å². The highest BCUT2D eigenvalue weighted by molar-refractivity contribution is 6.06. The Morgan fingerprint density at radius 2 is 1.93 bits per heavy atom. The van der Waals surface area contributed by atoms with Crippen LogP contribution < -0.4 is 10.6 Å². The number of rotatable bonds is 3. The van der Waals surface area contributed by atoms with Crippen molar-refractivity contribution in [2.45, 2.75) is 24.6 Å². The Hall–Kier alpha value is -2.62. The van der Waals surface area contributed by atoms with Gasteiger partial charge < -0.3 is 10.6 Å². The number of anilines is 1. The van der Waals surface area contributed by atoms with E-state index in [0.717, 1.165) is 17.0 Å². The number of likely N-dealkylation sites (N-methyl/N-ethyl adjacent to an activating group) is 1. The minimum atomic E-state index is -4.48. The number of nitrogens with zero attached hydrogens (tertiary/aromatic N) is 2. The van der Waals surface area contributed by atoms with Gasteiger partial charge in [0.2, 0.25) is 5.91 Å². The summed E-state index contributed by atoms with van der Waals surface area (Å²) in [4.78, 5) is 38.9. The normalized spacial score (nSPS) is 20.1. The quantitative estimate of drug-likeness (QED) is 0.777. The Balaban J connectivity index is 1.55. The third-order valence-electron chi connectivity index (χ3n) is 4.92. The molecule has 1 aromatic rings. The summed E-state index contributed by atoms with van der Waals surface area (Å²) in [7, 11) is 1.42. The van der Waals surface area contributed by atoms with Crippen molar-refractivity contribution in [2.75, 3.05) is 32.0 Å². The summed E-state index contributed by atoms with van der Waals surface area (Å²) in [6, 6.07) is 4.00. The zero-order valence-corrected chi connectivity index (χ0v) is 14.6. The van der Waals surface area contributed by atoms with Gasteiger partial charge in [-0.05, 0) is 31.0 Å². The fourth-order valence-corrected chi connectivity index (χ4v) is 3.36. The number of carbonyl (C=O) groups excluding carboxylic acids is 3. The summed E-state index contributed by atoms with van der Waals surface area (Å²) in [6.07, 6.45) is -3.73. The molecule has 0 aliphatic carbocycles. The van der Waals surface area contributed by atoms with E-state index in [-0.39, 0.29) is 18.1 Å². The Bertz CT molecular complexity index is 773. The predicted octanol–water partition coefficient (Wildman–Crippen LogP) is 1.66. The van der Waals surface area contributed by atoms with Crippen molar-refractivity contribution in [2.24, 2.45) is 0 Å². The van der Waals surface area contributed by atoms with Crippen molar-refractivity contribution < 1.29 is 27.6 Å². The molecule has 10 heteroatoms. The lowest BCUT2D eigenvalue weighted by molar-refractivity contribution is -0.137. The highest BCUT2D eigenvalue weighted by atomic mass is 19.4. The lowest BCUT2D eigenvalue weighted by Crippen LogP contribution is -2.55. The first-order chi connectivity index (χ1) is 12.6. The number of carbonyl (C=O) groups is 3. The minimum Gasteiger partial charge on any atom is -0.325 e. The van der Waals surface area contributed by atoms with E-state index in [2.05, 4.69) is 10.6 Å². The topological polar surface area (TPSA) is 81.8 Å². The average Bonchev–Trinajstić information content (AvgIpc) is 2.81. The van der Waals surface area contributed by atoms with Crippen LogP contribution in [-0.2, 0) is 15.8 Å². The van der Waals surface area contributed by atoms with Crippen molar-refractivity contribution in [1.82, 2.24) is 15.1 Å². The van der Waals surface area contributed by atoms with E-state index >= 15 is 0 Å². The molecule has 2 heterocycles. The first-order valence-corrected chi connectivity index (χ1v) is 8.40. The molecule has 0 saturated carbocycles. The number of urea groups is 1. The fraction of sp³-hybridized carbons (Fsp3) is 0.471. The van der Waals surface area contributed by atoms with E-state index in [0.29, 0.717) is 25.9 Å². The fourth-order valence-electron chi connectivity index (χ4n) is 3.36. The molecular weight excluding hydrogens is 365 g/mol. The summed E-state index contributed by atoms with van der Waals surface area (Å²) in [6.45, 7) is 0.816. The first-order valence-electron chi connectivity index (χ1n) is 8.40. The largest absolute Gasteiger partial charge is 0.416 e. The third-order valence-corrected chi connectivity index (χ3v) is 4.92. The maximum Gasteiger partial charge on any atom is 0.416 e. The molecule has 0 aromatic heterocycles. The minimum absolute atomic E-state index is 0.00962. The molecule has 2 aliphatic heterocycles. The Morgan fingerprint density at radius 1 is 1.26 bits per heavy atom. The summed E-state index contributed by atoms with van der Waals surface area (Å²) >= 11 is 0. The second-order valence-electron chi connectivity index (χ2n) is 6.78. The van der Waals surface area contributed by atoms with Gasteiger partial charge in [0.1, 0.15) is 5.54 Å². The van der Waals surface area contributed by atoms with E-state index in [9.17, 15) is 27.6 Å². The molecule has 3 rings (SSSR count). The molecule has 0 atom stereocenters. The van der Waals surface area contributed by atoms with Crippen LogP contribution in [0, 0.1) is 0 Å². The van der Waals surface area contributed by atoms with Gasteiger partial charge >= 0.3 is 12.2 Å². The monoisotopic (exact) mass is 384 g/mol. The van der Waals surface area contributed by atoms with Crippen LogP contribution in [0.2, 0.25) is 0 Å². The van der Waals surface area contributed by atoms with Gasteiger partial charge in [0, 0.05) is 25.8 Å². The standard InChI is InChI=1S/C17H19F3N4O3/c1-23-14(26)16(22-15(23)27)5-7-24(8-6-16)10-13(25)21-12-4-2-3-11(9-12)17(18,19)20/h2-4,9H,5-8,10H2,1H3,(H,21,25)(H,22,27). The van der Waals surface area contributed by atoms with Gasteiger partial charge in [-0.15, -0.1) is 0 Å². The molecule has 1 aromatic carbocycles. The molecule has 2 N–H and O–H groups in total. The number of piperidine rings is 1. The lowest BCUT2D eigenvalue weighted by atomic mass is 9.87. The van der Waals surface area contributed by atoms with E-state index in [1.165, 1.54) is 19.2 Å². The SMILES string of the molecule is CN1C(=O)NC2(CCN(CC(=O)Nc3cccc(C(F)(F)F)c3)CC2)C1=O. The zero-order chi connectivity index (χ0) is 19.8. The molecule has 0 radical (unpaired) electrons. The summed E-state index contributed by atoms with van der Waals surface area (Å²) in [5, 5.41) is 5.17. The van der Waals surface area contributed by atoms with Gasteiger partial charge in [0.05, 0.1) is 12.1 Å². The van der Waals surface area contributed by atoms with Crippen molar-refractivity contribution in [3.63, 3.8) is 0 Å². The van der Waals surface area contributed by atoms with Crippen molar-refractivity contribution >= 4 is 23.5 Å². The van der Waals surface area contributed by atoms with Crippen LogP contribution in [0.5, 0.6) is 0 Å². The number of hydrogen-bond donors (Lipinski definition) is 2. The van der Waals surface area contributed by atoms with Gasteiger partial charge in [-0.2, -0.15) is 13.2 Å². The molecule has 1 spiro atoms. The van der Waals surface area contributed by atoms with Crippen LogP contribution in [0.3, 0.4) is 0 Å². The van der Waals surface area contributed by atoms with Gasteiger partial charge in [0.15, 0.2) is 0 Å². The second-order valence-corrected chi connectivity index (χ2v) is 6.78. The summed E-state index contributed by atoms with van der Waals surface area (Å²) in [5.74, 6) is -0.718. The summed E-state index contributed by atoms with van der Waals surface area (Å²) in [5.41, 5.74) is -1.68. The number of benzene rings is 1. The van der Waals surface area contributed by atoms with Gasteiger partial charge in [0.25, 0.3) is 5.91 Å². The molecule has 0 unspecified atom stereocenters. The Labute approximate surface area is 153 Å². The number of alkyl halides is 3.